The monoisotopic (exact) mass is 290 g/mol. The number of fused-ring (bicyclic) bond motifs is 1. The first-order valence-electron chi connectivity index (χ1n) is 6.87. The number of hydrogen-bond donors (Lipinski definition) is 1. The van der Waals surface area contributed by atoms with Crippen molar-refractivity contribution in [1.82, 2.24) is 9.88 Å². The molecule has 1 saturated heterocycles. The molecule has 5 heteroatoms. The van der Waals surface area contributed by atoms with Crippen LogP contribution < -0.4 is 0 Å². The van der Waals surface area contributed by atoms with E-state index in [0.717, 1.165) is 30.2 Å². The summed E-state index contributed by atoms with van der Waals surface area (Å²) in [6.07, 6.45) is 1.43. The molecule has 2 aromatic rings. The molecule has 106 valence electrons. The topological polar surface area (TPSA) is 53.4 Å². The molecule has 0 radical (unpaired) electrons. The number of carboxylic acids is 1. The van der Waals surface area contributed by atoms with Gasteiger partial charge in [-0.1, -0.05) is 12.1 Å². The van der Waals surface area contributed by atoms with E-state index in [-0.39, 0.29) is 0 Å². The SMILES string of the molecule is CC1(C(=O)O)CCN(Cc2nc3ccccc3s2)CC1. The maximum atomic E-state index is 11.2. The zero-order valence-electron chi connectivity index (χ0n) is 11.5. The van der Waals surface area contributed by atoms with Gasteiger partial charge < -0.3 is 5.11 Å². The van der Waals surface area contributed by atoms with Gasteiger partial charge in [0.05, 0.1) is 22.2 Å². The van der Waals surface area contributed by atoms with Crippen LogP contribution in [-0.2, 0) is 11.3 Å². The first-order chi connectivity index (χ1) is 9.57. The maximum absolute atomic E-state index is 11.2. The van der Waals surface area contributed by atoms with Gasteiger partial charge in [-0.15, -0.1) is 11.3 Å². The summed E-state index contributed by atoms with van der Waals surface area (Å²) in [7, 11) is 0. The van der Waals surface area contributed by atoms with Crippen molar-refractivity contribution in [2.45, 2.75) is 26.3 Å². The lowest BCUT2D eigenvalue weighted by molar-refractivity contribution is -0.150. The van der Waals surface area contributed by atoms with E-state index in [1.54, 1.807) is 11.3 Å². The fraction of sp³-hybridized carbons (Fsp3) is 0.467. The van der Waals surface area contributed by atoms with E-state index in [1.165, 1.54) is 4.70 Å². The van der Waals surface area contributed by atoms with Crippen LogP contribution in [0.25, 0.3) is 10.2 Å². The Kier molecular flexibility index (Phi) is 3.48. The molecule has 0 atom stereocenters. The average Bonchev–Trinajstić information content (AvgIpc) is 2.83. The van der Waals surface area contributed by atoms with E-state index in [1.807, 2.05) is 25.1 Å². The van der Waals surface area contributed by atoms with Crippen molar-refractivity contribution in [3.05, 3.63) is 29.3 Å². The minimum atomic E-state index is -0.669. The predicted octanol–water partition coefficient (Wildman–Crippen LogP) is 2.98. The van der Waals surface area contributed by atoms with Gasteiger partial charge in [-0.05, 0) is 45.0 Å². The lowest BCUT2D eigenvalue weighted by atomic mass is 9.80. The molecule has 20 heavy (non-hydrogen) atoms. The molecule has 1 aliphatic heterocycles. The van der Waals surface area contributed by atoms with Gasteiger partial charge in [0.1, 0.15) is 5.01 Å². The van der Waals surface area contributed by atoms with Crippen molar-refractivity contribution in [1.29, 1.82) is 0 Å². The second-order valence-corrected chi connectivity index (χ2v) is 6.83. The number of carboxylic acid groups (broad SMARTS) is 1. The number of likely N-dealkylation sites (tertiary alicyclic amines) is 1. The number of nitrogens with zero attached hydrogens (tertiary/aromatic N) is 2. The van der Waals surface area contributed by atoms with Crippen molar-refractivity contribution in [3.8, 4) is 0 Å². The van der Waals surface area contributed by atoms with Crippen molar-refractivity contribution in [3.63, 3.8) is 0 Å². The third kappa shape index (κ3) is 2.55. The zero-order chi connectivity index (χ0) is 14.2. The molecule has 0 bridgehead atoms. The van der Waals surface area contributed by atoms with Crippen LogP contribution in [0.4, 0.5) is 0 Å². The van der Waals surface area contributed by atoms with Gasteiger partial charge in [0, 0.05) is 0 Å². The molecule has 1 aromatic heterocycles. The summed E-state index contributed by atoms with van der Waals surface area (Å²) in [4.78, 5) is 18.2. The van der Waals surface area contributed by atoms with Crippen LogP contribution >= 0.6 is 11.3 Å². The Hall–Kier alpha value is -1.46. The van der Waals surface area contributed by atoms with Gasteiger partial charge in [0.25, 0.3) is 0 Å². The number of para-hydroxylation sites is 1. The van der Waals surface area contributed by atoms with Crippen molar-refractivity contribution in [2.75, 3.05) is 13.1 Å². The molecule has 0 unspecified atom stereocenters. The van der Waals surface area contributed by atoms with Crippen LogP contribution in [0.15, 0.2) is 24.3 Å². The van der Waals surface area contributed by atoms with Crippen molar-refractivity contribution < 1.29 is 9.90 Å². The molecule has 2 heterocycles. The predicted molar refractivity (Wildman–Crippen MR) is 79.9 cm³/mol. The Morgan fingerprint density at radius 1 is 1.40 bits per heavy atom. The van der Waals surface area contributed by atoms with Crippen LogP contribution in [0.5, 0.6) is 0 Å². The summed E-state index contributed by atoms with van der Waals surface area (Å²) in [6.45, 7) is 4.34. The second kappa shape index (κ2) is 5.14. The number of piperidine rings is 1. The number of carbonyl (C=O) groups is 1. The molecule has 0 aliphatic carbocycles. The molecule has 0 saturated carbocycles. The Morgan fingerprint density at radius 3 is 2.75 bits per heavy atom. The van der Waals surface area contributed by atoms with E-state index < -0.39 is 11.4 Å². The lowest BCUT2D eigenvalue weighted by Crippen LogP contribution is -2.42. The number of aliphatic carboxylic acids is 1. The summed E-state index contributed by atoms with van der Waals surface area (Å²) in [5.41, 5.74) is 0.504. The van der Waals surface area contributed by atoms with Crippen LogP contribution in [0.1, 0.15) is 24.8 Å². The Bertz CT molecular complexity index is 597. The van der Waals surface area contributed by atoms with Gasteiger partial charge in [-0.25, -0.2) is 4.98 Å². The zero-order valence-corrected chi connectivity index (χ0v) is 12.3. The Labute approximate surface area is 122 Å². The first kappa shape index (κ1) is 13.5. The summed E-state index contributed by atoms with van der Waals surface area (Å²) >= 11 is 1.73. The van der Waals surface area contributed by atoms with Crippen LogP contribution in [0.2, 0.25) is 0 Å². The molecule has 3 rings (SSSR count). The lowest BCUT2D eigenvalue weighted by Gasteiger charge is -2.35. The second-order valence-electron chi connectivity index (χ2n) is 5.72. The van der Waals surface area contributed by atoms with Gasteiger partial charge >= 0.3 is 5.97 Å². The molecule has 1 fully saturated rings. The molecular weight excluding hydrogens is 272 g/mol. The molecule has 1 N–H and O–H groups in total. The number of aromatic nitrogens is 1. The molecule has 0 amide bonds. The smallest absolute Gasteiger partial charge is 0.309 e. The Balaban J connectivity index is 1.66. The summed E-state index contributed by atoms with van der Waals surface area (Å²) in [6, 6.07) is 8.16. The molecule has 1 aromatic carbocycles. The normalized spacial score (nSPS) is 19.2. The Morgan fingerprint density at radius 2 is 2.10 bits per heavy atom. The standard InChI is InChI=1S/C15H18N2O2S/c1-15(14(18)19)6-8-17(9-7-15)10-13-16-11-4-2-3-5-12(11)20-13/h2-5H,6-10H2,1H3,(H,18,19). The fourth-order valence-corrected chi connectivity index (χ4v) is 3.61. The van der Waals surface area contributed by atoms with Crippen LogP contribution in [0, 0.1) is 5.41 Å². The number of rotatable bonds is 3. The molecule has 1 aliphatic rings. The van der Waals surface area contributed by atoms with Gasteiger partial charge in [-0.2, -0.15) is 0 Å². The summed E-state index contributed by atoms with van der Waals surface area (Å²) in [5.74, 6) is -0.669. The van der Waals surface area contributed by atoms with Crippen LogP contribution in [-0.4, -0.2) is 34.0 Å². The minimum Gasteiger partial charge on any atom is -0.481 e. The van der Waals surface area contributed by atoms with Gasteiger partial charge in [0.15, 0.2) is 0 Å². The van der Waals surface area contributed by atoms with E-state index in [0.29, 0.717) is 12.8 Å². The summed E-state index contributed by atoms with van der Waals surface area (Å²) in [5, 5.41) is 10.4. The van der Waals surface area contributed by atoms with Crippen molar-refractivity contribution >= 4 is 27.5 Å². The van der Waals surface area contributed by atoms with Gasteiger partial charge in [-0.3, -0.25) is 9.69 Å². The largest absolute Gasteiger partial charge is 0.481 e. The van der Waals surface area contributed by atoms with Crippen LogP contribution in [0.3, 0.4) is 0 Å². The van der Waals surface area contributed by atoms with E-state index in [9.17, 15) is 9.90 Å². The highest BCUT2D eigenvalue weighted by atomic mass is 32.1. The maximum Gasteiger partial charge on any atom is 0.309 e. The molecule has 4 nitrogen and oxygen atoms in total. The third-order valence-electron chi connectivity index (χ3n) is 4.17. The van der Waals surface area contributed by atoms with Crippen molar-refractivity contribution in [2.24, 2.45) is 5.41 Å². The van der Waals surface area contributed by atoms with E-state index in [4.69, 9.17) is 0 Å². The fourth-order valence-electron chi connectivity index (χ4n) is 2.60. The average molecular weight is 290 g/mol. The molecule has 0 spiro atoms. The number of hydrogen-bond acceptors (Lipinski definition) is 4. The highest BCUT2D eigenvalue weighted by Crippen LogP contribution is 2.32. The quantitative estimate of drug-likeness (QED) is 0.944. The summed E-state index contributed by atoms with van der Waals surface area (Å²) < 4.78 is 1.22. The third-order valence-corrected chi connectivity index (χ3v) is 5.19. The first-order valence-corrected chi connectivity index (χ1v) is 7.69. The number of thiazole rings is 1. The van der Waals surface area contributed by atoms with Gasteiger partial charge in [0.2, 0.25) is 0 Å². The highest BCUT2D eigenvalue weighted by Gasteiger charge is 2.36. The molecular formula is C15H18N2O2S. The highest BCUT2D eigenvalue weighted by molar-refractivity contribution is 7.18. The minimum absolute atomic E-state index is 0.551. The van der Waals surface area contributed by atoms with E-state index in [2.05, 4.69) is 16.0 Å². The number of benzene rings is 1. The van der Waals surface area contributed by atoms with E-state index >= 15 is 0 Å².